The van der Waals surface area contributed by atoms with Crippen molar-refractivity contribution in [2.75, 3.05) is 6.61 Å². The largest absolute Gasteiger partial charge is 0.509 e. The molecule has 2 rings (SSSR count). The summed E-state index contributed by atoms with van der Waals surface area (Å²) in [5.74, 6) is 0.0878. The predicted octanol–water partition coefficient (Wildman–Crippen LogP) is 1.82. The summed E-state index contributed by atoms with van der Waals surface area (Å²) >= 11 is 0. The van der Waals surface area contributed by atoms with Crippen LogP contribution in [0.1, 0.15) is 18.6 Å². The van der Waals surface area contributed by atoms with Crippen molar-refractivity contribution >= 4 is 12.1 Å². The second-order valence-corrected chi connectivity index (χ2v) is 3.33. The first-order valence-corrected chi connectivity index (χ1v) is 4.77. The lowest BCUT2D eigenvalue weighted by atomic mass is 10.1. The average molecular weight is 222 g/mol. The van der Waals surface area contributed by atoms with E-state index in [0.29, 0.717) is 5.75 Å². The van der Waals surface area contributed by atoms with Gasteiger partial charge in [0.15, 0.2) is 6.10 Å². The highest BCUT2D eigenvalue weighted by Gasteiger charge is 2.26. The van der Waals surface area contributed by atoms with Gasteiger partial charge in [0.05, 0.1) is 0 Å². The van der Waals surface area contributed by atoms with E-state index in [1.807, 2.05) is 0 Å². The van der Waals surface area contributed by atoms with E-state index in [1.54, 1.807) is 24.3 Å². The fourth-order valence-corrected chi connectivity index (χ4v) is 1.41. The van der Waals surface area contributed by atoms with Crippen LogP contribution in [0.4, 0.5) is 4.79 Å². The number of hydrogen-bond acceptors (Lipinski definition) is 5. The molecule has 1 aliphatic rings. The van der Waals surface area contributed by atoms with Crippen molar-refractivity contribution < 1.29 is 23.8 Å². The Hall–Kier alpha value is -2.04. The topological polar surface area (TPSA) is 61.8 Å². The molecule has 0 aliphatic carbocycles. The highest BCUT2D eigenvalue weighted by Crippen LogP contribution is 2.25. The molecule has 1 saturated heterocycles. The average Bonchev–Trinajstić information content (AvgIpc) is 2.65. The van der Waals surface area contributed by atoms with Crippen LogP contribution in [0.5, 0.6) is 5.75 Å². The summed E-state index contributed by atoms with van der Waals surface area (Å²) in [6, 6.07) is 6.74. The van der Waals surface area contributed by atoms with Crippen molar-refractivity contribution in [3.63, 3.8) is 0 Å². The van der Waals surface area contributed by atoms with Gasteiger partial charge in [-0.1, -0.05) is 12.1 Å². The molecule has 1 heterocycles. The van der Waals surface area contributed by atoms with Crippen molar-refractivity contribution in [2.45, 2.75) is 13.0 Å². The second-order valence-electron chi connectivity index (χ2n) is 3.33. The van der Waals surface area contributed by atoms with Gasteiger partial charge in [0, 0.05) is 6.92 Å². The third-order valence-corrected chi connectivity index (χ3v) is 2.10. The second kappa shape index (κ2) is 4.22. The van der Waals surface area contributed by atoms with E-state index in [1.165, 1.54) is 6.92 Å². The first-order chi connectivity index (χ1) is 7.65. The van der Waals surface area contributed by atoms with Gasteiger partial charge in [0.25, 0.3) is 0 Å². The summed E-state index contributed by atoms with van der Waals surface area (Å²) < 4.78 is 14.4. The van der Waals surface area contributed by atoms with Gasteiger partial charge < -0.3 is 14.2 Å². The van der Waals surface area contributed by atoms with E-state index >= 15 is 0 Å². The Bertz CT molecular complexity index is 409. The third kappa shape index (κ3) is 2.31. The summed E-state index contributed by atoms with van der Waals surface area (Å²) in [5, 5.41) is 0. The molecule has 16 heavy (non-hydrogen) atoms. The highest BCUT2D eigenvalue weighted by atomic mass is 16.8. The number of rotatable bonds is 2. The molecule has 1 fully saturated rings. The molecule has 5 nitrogen and oxygen atoms in total. The standard InChI is InChI=1S/C11H10O5/c1-7(12)15-9-4-2-8(3-5-9)10-6-14-11(13)16-10/h2-5,10H,6H2,1H3. The van der Waals surface area contributed by atoms with Crippen molar-refractivity contribution in [3.8, 4) is 5.75 Å². The highest BCUT2D eigenvalue weighted by molar-refractivity contribution is 5.69. The van der Waals surface area contributed by atoms with Crippen LogP contribution in [0.25, 0.3) is 0 Å². The van der Waals surface area contributed by atoms with Crippen molar-refractivity contribution in [1.29, 1.82) is 0 Å². The molecule has 1 aromatic rings. The van der Waals surface area contributed by atoms with Gasteiger partial charge >= 0.3 is 12.1 Å². The molecule has 0 amide bonds. The van der Waals surface area contributed by atoms with Crippen molar-refractivity contribution in [2.24, 2.45) is 0 Å². The molecule has 0 aromatic heterocycles. The number of hydrogen-bond donors (Lipinski definition) is 0. The lowest BCUT2D eigenvalue weighted by molar-refractivity contribution is -0.131. The smallest absolute Gasteiger partial charge is 0.430 e. The van der Waals surface area contributed by atoms with E-state index in [9.17, 15) is 9.59 Å². The molecule has 1 aromatic carbocycles. The van der Waals surface area contributed by atoms with Crippen LogP contribution >= 0.6 is 0 Å². The molecule has 0 N–H and O–H groups in total. The minimum absolute atomic E-state index is 0.214. The van der Waals surface area contributed by atoms with Crippen molar-refractivity contribution in [3.05, 3.63) is 29.8 Å². The minimum Gasteiger partial charge on any atom is -0.430 e. The molecule has 0 spiro atoms. The fourth-order valence-electron chi connectivity index (χ4n) is 1.41. The van der Waals surface area contributed by atoms with E-state index in [0.717, 1.165) is 5.56 Å². The van der Waals surface area contributed by atoms with Gasteiger partial charge in [-0.2, -0.15) is 0 Å². The predicted molar refractivity (Wildman–Crippen MR) is 52.9 cm³/mol. The normalized spacial score (nSPS) is 18.8. The molecule has 0 saturated carbocycles. The summed E-state index contributed by atoms with van der Waals surface area (Å²) in [4.78, 5) is 21.4. The maximum atomic E-state index is 10.7. The van der Waals surface area contributed by atoms with Crippen molar-refractivity contribution in [1.82, 2.24) is 0 Å². The zero-order chi connectivity index (χ0) is 11.5. The van der Waals surface area contributed by atoms with E-state index < -0.39 is 6.16 Å². The number of ether oxygens (including phenoxy) is 3. The number of carbonyl (C=O) groups excluding carboxylic acids is 2. The van der Waals surface area contributed by atoms with Gasteiger partial charge in [0.1, 0.15) is 12.4 Å². The molecule has 1 atom stereocenters. The summed E-state index contributed by atoms with van der Waals surface area (Å²) in [7, 11) is 0. The molecule has 0 radical (unpaired) electrons. The lowest BCUT2D eigenvalue weighted by Gasteiger charge is -2.07. The number of carbonyl (C=O) groups is 2. The first-order valence-electron chi connectivity index (χ1n) is 4.77. The molecule has 0 bridgehead atoms. The Balaban J connectivity index is 2.07. The Morgan fingerprint density at radius 3 is 2.56 bits per heavy atom. The van der Waals surface area contributed by atoms with Crippen LogP contribution in [-0.2, 0) is 14.3 Å². The van der Waals surface area contributed by atoms with Gasteiger partial charge in [-0.15, -0.1) is 0 Å². The minimum atomic E-state index is -0.658. The van der Waals surface area contributed by atoms with Crippen LogP contribution in [0.3, 0.4) is 0 Å². The zero-order valence-corrected chi connectivity index (χ0v) is 8.64. The van der Waals surface area contributed by atoms with E-state index in [-0.39, 0.29) is 18.7 Å². The molecule has 84 valence electrons. The summed E-state index contributed by atoms with van der Waals surface area (Å²) in [6.07, 6.45) is -1.03. The fraction of sp³-hybridized carbons (Fsp3) is 0.273. The monoisotopic (exact) mass is 222 g/mol. The quantitative estimate of drug-likeness (QED) is 0.564. The number of cyclic esters (lactones) is 2. The van der Waals surface area contributed by atoms with Crippen LogP contribution < -0.4 is 4.74 Å². The molecule has 1 unspecified atom stereocenters. The molecular weight excluding hydrogens is 212 g/mol. The van der Waals surface area contributed by atoms with Gasteiger partial charge in [0.2, 0.25) is 0 Å². The summed E-state index contributed by atoms with van der Waals surface area (Å²) in [6.45, 7) is 1.55. The van der Waals surface area contributed by atoms with E-state index in [4.69, 9.17) is 9.47 Å². The van der Waals surface area contributed by atoms with Crippen LogP contribution in [0.15, 0.2) is 24.3 Å². The Morgan fingerprint density at radius 1 is 1.38 bits per heavy atom. The number of benzene rings is 1. The lowest BCUT2D eigenvalue weighted by Crippen LogP contribution is -2.03. The Kier molecular flexibility index (Phi) is 2.76. The third-order valence-electron chi connectivity index (χ3n) is 2.10. The first kappa shape index (κ1) is 10.5. The van der Waals surface area contributed by atoms with Gasteiger partial charge in [-0.05, 0) is 17.7 Å². The molecule has 5 heteroatoms. The van der Waals surface area contributed by atoms with Crippen LogP contribution in [0.2, 0.25) is 0 Å². The maximum Gasteiger partial charge on any atom is 0.509 e. The van der Waals surface area contributed by atoms with Crippen LogP contribution in [-0.4, -0.2) is 18.7 Å². The molecular formula is C11H10O5. The summed E-state index contributed by atoms with van der Waals surface area (Å²) in [5.41, 5.74) is 0.807. The number of esters is 1. The van der Waals surface area contributed by atoms with Crippen LogP contribution in [0, 0.1) is 0 Å². The van der Waals surface area contributed by atoms with Gasteiger partial charge in [-0.25, -0.2) is 4.79 Å². The maximum absolute atomic E-state index is 10.7. The van der Waals surface area contributed by atoms with Gasteiger partial charge in [-0.3, -0.25) is 4.79 Å². The Labute approximate surface area is 91.9 Å². The molecule has 1 aliphatic heterocycles. The van der Waals surface area contributed by atoms with E-state index in [2.05, 4.69) is 4.74 Å². The Morgan fingerprint density at radius 2 is 2.06 bits per heavy atom. The zero-order valence-electron chi connectivity index (χ0n) is 8.64. The SMILES string of the molecule is CC(=O)Oc1ccc(C2COC(=O)O2)cc1.